The van der Waals surface area contributed by atoms with Crippen molar-refractivity contribution in [2.45, 2.75) is 38.6 Å². The van der Waals surface area contributed by atoms with E-state index in [1.165, 1.54) is 0 Å². The van der Waals surface area contributed by atoms with E-state index in [-0.39, 0.29) is 6.61 Å². The molecule has 0 saturated heterocycles. The molecule has 0 fully saturated rings. The van der Waals surface area contributed by atoms with E-state index in [4.69, 9.17) is 10.5 Å². The van der Waals surface area contributed by atoms with E-state index in [2.05, 4.69) is 12.2 Å². The standard InChI is InChI=1S/C16H26N2O2/c1-3-5-9-12-20-13-16(15(17)19,18-4-2)14-10-7-6-8-11-14/h6-8,10-11,18H,3-5,9,12-13H2,1-2H3,(H2,17,19). The van der Waals surface area contributed by atoms with Crippen molar-refractivity contribution >= 4 is 5.91 Å². The lowest BCUT2D eigenvalue weighted by atomic mass is 9.89. The molecule has 1 unspecified atom stereocenters. The van der Waals surface area contributed by atoms with Crippen LogP contribution in [0.2, 0.25) is 0 Å². The van der Waals surface area contributed by atoms with Gasteiger partial charge in [-0.25, -0.2) is 0 Å². The fourth-order valence-electron chi connectivity index (χ4n) is 2.24. The van der Waals surface area contributed by atoms with Crippen molar-refractivity contribution in [2.24, 2.45) is 5.73 Å². The number of nitrogens with two attached hydrogens (primary N) is 1. The van der Waals surface area contributed by atoms with Crippen molar-refractivity contribution in [1.82, 2.24) is 5.32 Å². The number of carbonyl (C=O) groups excluding carboxylic acids is 1. The van der Waals surface area contributed by atoms with Crippen LogP contribution in [0.1, 0.15) is 38.7 Å². The molecule has 0 aliphatic heterocycles. The number of nitrogens with one attached hydrogen (secondary N) is 1. The normalized spacial score (nSPS) is 13.9. The molecule has 0 aromatic heterocycles. The van der Waals surface area contributed by atoms with Gasteiger partial charge < -0.3 is 10.5 Å². The van der Waals surface area contributed by atoms with Crippen molar-refractivity contribution in [3.8, 4) is 0 Å². The molecule has 1 rings (SSSR count). The van der Waals surface area contributed by atoms with Gasteiger partial charge in [-0.2, -0.15) is 0 Å². The predicted molar refractivity (Wildman–Crippen MR) is 81.3 cm³/mol. The third kappa shape index (κ3) is 4.32. The minimum atomic E-state index is -0.942. The van der Waals surface area contributed by atoms with Crippen molar-refractivity contribution in [3.05, 3.63) is 35.9 Å². The fraction of sp³-hybridized carbons (Fsp3) is 0.562. The third-order valence-electron chi connectivity index (χ3n) is 3.38. The molecule has 0 radical (unpaired) electrons. The number of rotatable bonds is 10. The van der Waals surface area contributed by atoms with E-state index in [9.17, 15) is 4.79 Å². The van der Waals surface area contributed by atoms with Gasteiger partial charge >= 0.3 is 0 Å². The van der Waals surface area contributed by atoms with Gasteiger partial charge in [-0.3, -0.25) is 10.1 Å². The molecule has 3 N–H and O–H groups in total. The van der Waals surface area contributed by atoms with Gasteiger partial charge in [0.15, 0.2) is 0 Å². The highest BCUT2D eigenvalue weighted by Crippen LogP contribution is 2.21. The first kappa shape index (κ1) is 16.7. The second-order valence-electron chi connectivity index (χ2n) is 4.93. The number of hydrogen-bond acceptors (Lipinski definition) is 3. The average molecular weight is 278 g/mol. The Morgan fingerprint density at radius 2 is 1.95 bits per heavy atom. The lowest BCUT2D eigenvalue weighted by Crippen LogP contribution is -2.55. The molecule has 0 aliphatic carbocycles. The second kappa shape index (κ2) is 8.72. The summed E-state index contributed by atoms with van der Waals surface area (Å²) in [6, 6.07) is 9.54. The van der Waals surface area contributed by atoms with Gasteiger partial charge in [0, 0.05) is 6.61 Å². The van der Waals surface area contributed by atoms with Gasteiger partial charge in [0.05, 0.1) is 6.61 Å². The van der Waals surface area contributed by atoms with Crippen LogP contribution < -0.4 is 11.1 Å². The number of likely N-dealkylation sites (N-methyl/N-ethyl adjacent to an activating group) is 1. The van der Waals surface area contributed by atoms with E-state index < -0.39 is 11.4 Å². The number of carbonyl (C=O) groups is 1. The Hall–Kier alpha value is -1.39. The number of primary amides is 1. The fourth-order valence-corrected chi connectivity index (χ4v) is 2.24. The first-order valence-electron chi connectivity index (χ1n) is 7.35. The van der Waals surface area contributed by atoms with Crippen LogP contribution in [0.25, 0.3) is 0 Å². The molecule has 0 spiro atoms. The number of benzene rings is 1. The highest BCUT2D eigenvalue weighted by Gasteiger charge is 2.38. The van der Waals surface area contributed by atoms with Crippen LogP contribution in [-0.4, -0.2) is 25.7 Å². The Morgan fingerprint density at radius 3 is 2.50 bits per heavy atom. The Morgan fingerprint density at radius 1 is 1.25 bits per heavy atom. The molecule has 1 atom stereocenters. The van der Waals surface area contributed by atoms with Gasteiger partial charge in [-0.05, 0) is 18.5 Å². The quantitative estimate of drug-likeness (QED) is 0.645. The van der Waals surface area contributed by atoms with Gasteiger partial charge in [0.1, 0.15) is 5.54 Å². The monoisotopic (exact) mass is 278 g/mol. The van der Waals surface area contributed by atoms with Crippen LogP contribution in [0.3, 0.4) is 0 Å². The van der Waals surface area contributed by atoms with E-state index >= 15 is 0 Å². The maximum atomic E-state index is 12.0. The summed E-state index contributed by atoms with van der Waals surface area (Å²) in [6.45, 7) is 5.68. The van der Waals surface area contributed by atoms with Crippen molar-refractivity contribution < 1.29 is 9.53 Å². The van der Waals surface area contributed by atoms with Crippen LogP contribution in [0.15, 0.2) is 30.3 Å². The van der Waals surface area contributed by atoms with Gasteiger partial charge in [-0.15, -0.1) is 0 Å². The average Bonchev–Trinajstić information content (AvgIpc) is 2.46. The van der Waals surface area contributed by atoms with Crippen LogP contribution in [0.5, 0.6) is 0 Å². The number of unbranched alkanes of at least 4 members (excludes halogenated alkanes) is 2. The summed E-state index contributed by atoms with van der Waals surface area (Å²) in [6.07, 6.45) is 3.29. The van der Waals surface area contributed by atoms with Crippen LogP contribution in [0, 0.1) is 0 Å². The largest absolute Gasteiger partial charge is 0.379 e. The highest BCUT2D eigenvalue weighted by molar-refractivity contribution is 5.86. The minimum Gasteiger partial charge on any atom is -0.379 e. The van der Waals surface area contributed by atoms with E-state index in [1.54, 1.807) is 0 Å². The van der Waals surface area contributed by atoms with Crippen molar-refractivity contribution in [2.75, 3.05) is 19.8 Å². The lowest BCUT2D eigenvalue weighted by molar-refractivity contribution is -0.127. The van der Waals surface area contributed by atoms with Crippen LogP contribution in [-0.2, 0) is 15.1 Å². The molecule has 1 aromatic carbocycles. The summed E-state index contributed by atoms with van der Waals surface area (Å²) in [5.41, 5.74) is 5.56. The smallest absolute Gasteiger partial charge is 0.244 e. The lowest BCUT2D eigenvalue weighted by Gasteiger charge is -2.31. The number of amides is 1. The number of ether oxygens (including phenoxy) is 1. The molecule has 4 heteroatoms. The summed E-state index contributed by atoms with van der Waals surface area (Å²) < 4.78 is 5.71. The van der Waals surface area contributed by atoms with Gasteiger partial charge in [0.2, 0.25) is 5.91 Å². The molecule has 4 nitrogen and oxygen atoms in total. The zero-order chi connectivity index (χ0) is 14.8. The Bertz CT molecular complexity index is 395. The molecular formula is C16H26N2O2. The molecule has 0 heterocycles. The molecule has 1 aromatic rings. The maximum absolute atomic E-state index is 12.0. The summed E-state index contributed by atoms with van der Waals surface area (Å²) in [5.74, 6) is -0.402. The Kier molecular flexibility index (Phi) is 7.26. The third-order valence-corrected chi connectivity index (χ3v) is 3.38. The highest BCUT2D eigenvalue weighted by atomic mass is 16.5. The summed E-state index contributed by atoms with van der Waals surface area (Å²) in [5, 5.41) is 3.20. The first-order valence-corrected chi connectivity index (χ1v) is 7.35. The summed E-state index contributed by atoms with van der Waals surface area (Å²) >= 11 is 0. The molecule has 0 saturated carbocycles. The molecule has 112 valence electrons. The second-order valence-corrected chi connectivity index (χ2v) is 4.93. The maximum Gasteiger partial charge on any atom is 0.244 e. The van der Waals surface area contributed by atoms with Gasteiger partial charge in [0.25, 0.3) is 0 Å². The predicted octanol–water partition coefficient (Wildman–Crippen LogP) is 2.18. The zero-order valence-corrected chi connectivity index (χ0v) is 12.5. The zero-order valence-electron chi connectivity index (χ0n) is 12.5. The molecule has 0 bridgehead atoms. The molecule has 0 aliphatic rings. The van der Waals surface area contributed by atoms with Gasteiger partial charge in [-0.1, -0.05) is 57.0 Å². The summed E-state index contributed by atoms with van der Waals surface area (Å²) in [7, 11) is 0. The SMILES string of the molecule is CCCCCOCC(NCC)(C(N)=O)c1ccccc1. The number of hydrogen-bond donors (Lipinski definition) is 2. The molecule has 1 amide bonds. The Balaban J connectivity index is 2.81. The molecular weight excluding hydrogens is 252 g/mol. The first-order chi connectivity index (χ1) is 9.67. The molecule has 20 heavy (non-hydrogen) atoms. The van der Waals surface area contributed by atoms with E-state index in [0.717, 1.165) is 24.8 Å². The topological polar surface area (TPSA) is 64.3 Å². The van der Waals surface area contributed by atoms with Crippen molar-refractivity contribution in [1.29, 1.82) is 0 Å². The van der Waals surface area contributed by atoms with Crippen LogP contribution >= 0.6 is 0 Å². The van der Waals surface area contributed by atoms with E-state index in [1.807, 2.05) is 37.3 Å². The van der Waals surface area contributed by atoms with Crippen molar-refractivity contribution in [3.63, 3.8) is 0 Å². The summed E-state index contributed by atoms with van der Waals surface area (Å²) in [4.78, 5) is 12.0. The van der Waals surface area contributed by atoms with E-state index in [0.29, 0.717) is 13.2 Å². The van der Waals surface area contributed by atoms with Crippen LogP contribution in [0.4, 0.5) is 0 Å². The minimum absolute atomic E-state index is 0.268. The Labute approximate surface area is 121 Å².